The molecule has 3 aromatic carbocycles. The van der Waals surface area contributed by atoms with Gasteiger partial charge in [-0.3, -0.25) is 4.79 Å². The summed E-state index contributed by atoms with van der Waals surface area (Å²) in [6.45, 7) is 2.33. The van der Waals surface area contributed by atoms with Crippen molar-refractivity contribution >= 4 is 22.6 Å². The molecule has 6 heteroatoms. The smallest absolute Gasteiger partial charge is 0.258 e. The van der Waals surface area contributed by atoms with E-state index >= 15 is 0 Å². The Morgan fingerprint density at radius 1 is 1.00 bits per heavy atom. The van der Waals surface area contributed by atoms with Crippen molar-refractivity contribution in [3.63, 3.8) is 0 Å². The molecule has 0 aliphatic rings. The first-order chi connectivity index (χ1) is 16.5. The van der Waals surface area contributed by atoms with Crippen LogP contribution in [-0.4, -0.2) is 22.0 Å². The van der Waals surface area contributed by atoms with Gasteiger partial charge in [-0.1, -0.05) is 29.8 Å². The Hall–Kier alpha value is -4.42. The topological polar surface area (TPSA) is 85.7 Å². The number of hydrogen-bond acceptors (Lipinski definition) is 4. The van der Waals surface area contributed by atoms with Gasteiger partial charge in [0.2, 0.25) is 0 Å². The molecule has 0 N–H and O–H groups in total. The molecule has 34 heavy (non-hydrogen) atoms. The molecule has 4 aromatic rings. The standard InChI is InChI=1S/C28H25N5O/c1-20-4-12-24(13-5-20)33(17-3-16-29)28(34)23-11-14-26-25(18-23)31-27(32(26)2)15-10-21-6-8-22(19-30)9-7-21/h4-9,11-14,18H,3,10,15,17H2,1-2H3. The lowest BCUT2D eigenvalue weighted by Crippen LogP contribution is -2.31. The van der Waals surface area contributed by atoms with E-state index in [2.05, 4.69) is 16.7 Å². The zero-order chi connectivity index (χ0) is 24.1. The van der Waals surface area contributed by atoms with Crippen LogP contribution in [0.4, 0.5) is 5.69 Å². The number of benzene rings is 3. The Balaban J connectivity index is 1.58. The number of hydrogen-bond donors (Lipinski definition) is 0. The van der Waals surface area contributed by atoms with Crippen molar-refractivity contribution < 1.29 is 4.79 Å². The maximum atomic E-state index is 13.4. The van der Waals surface area contributed by atoms with Crippen molar-refractivity contribution in [2.75, 3.05) is 11.4 Å². The number of fused-ring (bicyclic) bond motifs is 1. The number of nitrogens with zero attached hydrogens (tertiary/aromatic N) is 5. The Labute approximate surface area is 199 Å². The molecule has 0 aliphatic carbocycles. The Morgan fingerprint density at radius 2 is 1.74 bits per heavy atom. The van der Waals surface area contributed by atoms with E-state index in [1.165, 1.54) is 0 Å². The number of carbonyl (C=O) groups is 1. The van der Waals surface area contributed by atoms with Gasteiger partial charge in [-0.2, -0.15) is 10.5 Å². The zero-order valence-corrected chi connectivity index (χ0v) is 19.3. The van der Waals surface area contributed by atoms with Crippen LogP contribution in [-0.2, 0) is 19.9 Å². The minimum absolute atomic E-state index is 0.147. The van der Waals surface area contributed by atoms with Crippen LogP contribution in [0.15, 0.2) is 66.7 Å². The van der Waals surface area contributed by atoms with Gasteiger partial charge in [0, 0.05) is 31.3 Å². The van der Waals surface area contributed by atoms with Gasteiger partial charge >= 0.3 is 0 Å². The highest BCUT2D eigenvalue weighted by molar-refractivity contribution is 6.07. The molecule has 0 atom stereocenters. The molecule has 0 saturated carbocycles. The van der Waals surface area contributed by atoms with Crippen molar-refractivity contribution in [2.45, 2.75) is 26.2 Å². The van der Waals surface area contributed by atoms with Gasteiger partial charge in [-0.05, 0) is 61.4 Å². The molecule has 0 aliphatic heterocycles. The minimum atomic E-state index is -0.147. The number of amides is 1. The number of anilines is 1. The van der Waals surface area contributed by atoms with Crippen molar-refractivity contribution in [1.29, 1.82) is 10.5 Å². The highest BCUT2D eigenvalue weighted by Crippen LogP contribution is 2.22. The molecule has 1 aromatic heterocycles. The van der Waals surface area contributed by atoms with E-state index in [-0.39, 0.29) is 12.3 Å². The van der Waals surface area contributed by atoms with Crippen molar-refractivity contribution in [1.82, 2.24) is 9.55 Å². The van der Waals surface area contributed by atoms with Crippen LogP contribution in [0.1, 0.15) is 39.3 Å². The molecule has 0 bridgehead atoms. The van der Waals surface area contributed by atoms with Gasteiger partial charge in [0.25, 0.3) is 5.91 Å². The maximum Gasteiger partial charge on any atom is 0.258 e. The second-order valence-electron chi connectivity index (χ2n) is 8.30. The van der Waals surface area contributed by atoms with E-state index in [1.807, 2.05) is 80.7 Å². The molecule has 1 heterocycles. The van der Waals surface area contributed by atoms with Gasteiger partial charge in [0.15, 0.2) is 0 Å². The van der Waals surface area contributed by atoms with Crippen LogP contribution in [0.2, 0.25) is 0 Å². The monoisotopic (exact) mass is 447 g/mol. The Bertz CT molecular complexity index is 1400. The van der Waals surface area contributed by atoms with Gasteiger partial charge < -0.3 is 9.47 Å². The maximum absolute atomic E-state index is 13.4. The molecule has 6 nitrogen and oxygen atoms in total. The largest absolute Gasteiger partial charge is 0.331 e. The van der Waals surface area contributed by atoms with Gasteiger partial charge in [-0.25, -0.2) is 4.98 Å². The molecular formula is C28H25N5O. The van der Waals surface area contributed by atoms with Gasteiger partial charge in [-0.15, -0.1) is 0 Å². The lowest BCUT2D eigenvalue weighted by Gasteiger charge is -2.22. The van der Waals surface area contributed by atoms with E-state index in [1.54, 1.807) is 4.90 Å². The summed E-state index contributed by atoms with van der Waals surface area (Å²) in [7, 11) is 1.98. The lowest BCUT2D eigenvalue weighted by atomic mass is 10.1. The molecule has 0 saturated heterocycles. The number of rotatable bonds is 7. The van der Waals surface area contributed by atoms with E-state index in [0.29, 0.717) is 17.7 Å². The predicted molar refractivity (Wildman–Crippen MR) is 132 cm³/mol. The van der Waals surface area contributed by atoms with Crippen LogP contribution < -0.4 is 4.90 Å². The Kier molecular flexibility index (Phi) is 6.71. The van der Waals surface area contributed by atoms with E-state index < -0.39 is 0 Å². The number of aryl methyl sites for hydroxylation is 4. The molecule has 0 spiro atoms. The average Bonchev–Trinajstić information content (AvgIpc) is 3.18. The summed E-state index contributed by atoms with van der Waals surface area (Å²) in [6.07, 6.45) is 1.81. The summed E-state index contributed by atoms with van der Waals surface area (Å²) in [6, 6.07) is 25.2. The molecule has 4 rings (SSSR count). The quantitative estimate of drug-likeness (QED) is 0.394. The van der Waals surface area contributed by atoms with E-state index in [0.717, 1.165) is 46.5 Å². The molecule has 168 valence electrons. The minimum Gasteiger partial charge on any atom is -0.331 e. The lowest BCUT2D eigenvalue weighted by molar-refractivity contribution is 0.0987. The first kappa shape index (κ1) is 22.8. The molecule has 0 unspecified atom stereocenters. The second kappa shape index (κ2) is 10.0. The summed E-state index contributed by atoms with van der Waals surface area (Å²) in [4.78, 5) is 19.8. The molecular weight excluding hydrogens is 422 g/mol. The van der Waals surface area contributed by atoms with Crippen LogP contribution in [0.5, 0.6) is 0 Å². The Morgan fingerprint density at radius 3 is 2.41 bits per heavy atom. The highest BCUT2D eigenvalue weighted by Gasteiger charge is 2.19. The molecule has 1 amide bonds. The molecule has 0 fully saturated rings. The number of nitriles is 2. The summed E-state index contributed by atoms with van der Waals surface area (Å²) in [5.74, 6) is 0.787. The van der Waals surface area contributed by atoms with Crippen LogP contribution >= 0.6 is 0 Å². The highest BCUT2D eigenvalue weighted by atomic mass is 16.2. The number of imidazole rings is 1. The van der Waals surface area contributed by atoms with Crippen LogP contribution in [0, 0.1) is 29.6 Å². The normalized spacial score (nSPS) is 10.6. The SMILES string of the molecule is Cc1ccc(N(CCC#N)C(=O)c2ccc3c(c2)nc(CCc2ccc(C#N)cc2)n3C)cc1. The van der Waals surface area contributed by atoms with Crippen molar-refractivity contribution in [3.8, 4) is 12.1 Å². The summed E-state index contributed by atoms with van der Waals surface area (Å²) in [5.41, 5.74) is 5.96. The number of carbonyl (C=O) groups excluding carboxylic acids is 1. The fraction of sp³-hybridized carbons (Fsp3) is 0.214. The van der Waals surface area contributed by atoms with Crippen LogP contribution in [0.3, 0.4) is 0 Å². The summed E-state index contributed by atoms with van der Waals surface area (Å²) in [5, 5.41) is 18.0. The van der Waals surface area contributed by atoms with Crippen LogP contribution in [0.25, 0.3) is 11.0 Å². The third-order valence-corrected chi connectivity index (χ3v) is 5.98. The summed E-state index contributed by atoms with van der Waals surface area (Å²) >= 11 is 0. The third kappa shape index (κ3) is 4.82. The number of aromatic nitrogens is 2. The van der Waals surface area contributed by atoms with Gasteiger partial charge in [0.1, 0.15) is 5.82 Å². The van der Waals surface area contributed by atoms with E-state index in [4.69, 9.17) is 15.5 Å². The second-order valence-corrected chi connectivity index (χ2v) is 8.30. The first-order valence-corrected chi connectivity index (χ1v) is 11.2. The fourth-order valence-corrected chi connectivity index (χ4v) is 4.00. The zero-order valence-electron chi connectivity index (χ0n) is 19.3. The fourth-order valence-electron chi connectivity index (χ4n) is 4.00. The van der Waals surface area contributed by atoms with Gasteiger partial charge in [0.05, 0.1) is 35.2 Å². The third-order valence-electron chi connectivity index (χ3n) is 5.98. The van der Waals surface area contributed by atoms with Crippen molar-refractivity contribution in [3.05, 3.63) is 94.8 Å². The first-order valence-electron chi connectivity index (χ1n) is 11.2. The van der Waals surface area contributed by atoms with E-state index in [9.17, 15) is 4.79 Å². The average molecular weight is 448 g/mol. The summed E-state index contributed by atoms with van der Waals surface area (Å²) < 4.78 is 2.06. The molecule has 0 radical (unpaired) electrons. The predicted octanol–water partition coefficient (Wildman–Crippen LogP) is 5.10. The van der Waals surface area contributed by atoms with Crippen molar-refractivity contribution in [2.24, 2.45) is 7.05 Å².